The number of phenols is 1. The summed E-state index contributed by atoms with van der Waals surface area (Å²) in [5.41, 5.74) is 0.765. The van der Waals surface area contributed by atoms with E-state index in [1.807, 2.05) is 0 Å². The number of nitrogens with zero attached hydrogens (tertiary/aromatic N) is 2. The predicted octanol–water partition coefficient (Wildman–Crippen LogP) is 1.24. The van der Waals surface area contributed by atoms with Gasteiger partial charge in [-0.15, -0.1) is 10.2 Å². The van der Waals surface area contributed by atoms with Gasteiger partial charge in [-0.3, -0.25) is 0 Å². The third-order valence-electron chi connectivity index (χ3n) is 1.44. The van der Waals surface area contributed by atoms with Gasteiger partial charge in [0.1, 0.15) is 5.75 Å². The molecule has 0 fully saturated rings. The zero-order valence-corrected chi connectivity index (χ0v) is 6.06. The maximum atomic E-state index is 8.98. The molecule has 0 aliphatic heterocycles. The van der Waals surface area contributed by atoms with Crippen LogP contribution < -0.4 is 0 Å². The maximum Gasteiger partial charge on any atom is 0.306 e. The van der Waals surface area contributed by atoms with Gasteiger partial charge < -0.3 is 9.52 Å². The van der Waals surface area contributed by atoms with Gasteiger partial charge >= 0.3 is 6.39 Å². The van der Waals surface area contributed by atoms with Crippen LogP contribution in [0.15, 0.2) is 28.7 Å². The molecule has 1 heterocycles. The first-order valence-electron chi connectivity index (χ1n) is 3.35. The van der Waals surface area contributed by atoms with E-state index in [0.29, 0.717) is 5.89 Å². The Bertz CT molecular complexity index is 353. The van der Waals surface area contributed by atoms with Crippen LogP contribution in [0.2, 0.25) is 0 Å². The molecule has 1 N–H and O–H groups in total. The van der Waals surface area contributed by atoms with E-state index in [2.05, 4.69) is 16.6 Å². The Morgan fingerprint density at radius 3 is 2.58 bits per heavy atom. The lowest BCUT2D eigenvalue weighted by Gasteiger charge is -1.93. The van der Waals surface area contributed by atoms with E-state index in [9.17, 15) is 0 Å². The monoisotopic (exact) mass is 161 g/mol. The van der Waals surface area contributed by atoms with Crippen LogP contribution in [0.25, 0.3) is 11.5 Å². The third-order valence-corrected chi connectivity index (χ3v) is 1.44. The normalized spacial score (nSPS) is 10.0. The third kappa shape index (κ3) is 1.14. The summed E-state index contributed by atoms with van der Waals surface area (Å²) in [4.78, 5) is 0. The van der Waals surface area contributed by atoms with Gasteiger partial charge in [0.15, 0.2) is 0 Å². The molecule has 0 amide bonds. The Morgan fingerprint density at radius 1 is 1.25 bits per heavy atom. The molecule has 0 saturated carbocycles. The van der Waals surface area contributed by atoms with Gasteiger partial charge in [-0.25, -0.2) is 0 Å². The quantitative estimate of drug-likeness (QED) is 0.683. The van der Waals surface area contributed by atoms with Crippen LogP contribution in [0, 0.1) is 6.39 Å². The van der Waals surface area contributed by atoms with Crippen LogP contribution in [0.1, 0.15) is 0 Å². The van der Waals surface area contributed by atoms with Gasteiger partial charge in [0.2, 0.25) is 5.89 Å². The molecule has 0 atom stereocenters. The van der Waals surface area contributed by atoms with Crippen molar-refractivity contribution < 1.29 is 9.52 Å². The number of aromatic hydroxyl groups is 1. The largest absolute Gasteiger partial charge is 0.508 e. The van der Waals surface area contributed by atoms with Gasteiger partial charge in [-0.2, -0.15) is 0 Å². The zero-order chi connectivity index (χ0) is 8.39. The fourth-order valence-electron chi connectivity index (χ4n) is 0.871. The molecule has 0 aliphatic carbocycles. The molecular formula is C8H5N2O2. The van der Waals surface area contributed by atoms with Crippen molar-refractivity contribution >= 4 is 0 Å². The van der Waals surface area contributed by atoms with Crippen LogP contribution in [-0.2, 0) is 0 Å². The summed E-state index contributed by atoms with van der Waals surface area (Å²) < 4.78 is 4.83. The van der Waals surface area contributed by atoms with Crippen molar-refractivity contribution in [2.45, 2.75) is 0 Å². The standard InChI is InChI=1S/C8H5N2O2/c11-7-3-1-6(2-4-7)8-10-9-5-12-8/h1-4,11H. The van der Waals surface area contributed by atoms with Crippen LogP contribution in [0.4, 0.5) is 0 Å². The van der Waals surface area contributed by atoms with E-state index in [-0.39, 0.29) is 5.75 Å². The summed E-state index contributed by atoms with van der Waals surface area (Å²) in [7, 11) is 0. The number of hydrogen-bond acceptors (Lipinski definition) is 4. The Balaban J connectivity index is 2.43. The lowest BCUT2D eigenvalue weighted by molar-refractivity contribution is 0.475. The van der Waals surface area contributed by atoms with Crippen molar-refractivity contribution in [2.75, 3.05) is 0 Å². The van der Waals surface area contributed by atoms with Gasteiger partial charge in [-0.05, 0) is 24.3 Å². The number of phenolic OH excluding ortho intramolecular Hbond substituents is 1. The van der Waals surface area contributed by atoms with E-state index >= 15 is 0 Å². The summed E-state index contributed by atoms with van der Waals surface area (Å²) in [5.74, 6) is 0.609. The summed E-state index contributed by atoms with van der Waals surface area (Å²) in [6.45, 7) is 0. The fourth-order valence-corrected chi connectivity index (χ4v) is 0.871. The van der Waals surface area contributed by atoms with Crippen LogP contribution in [0.5, 0.6) is 5.75 Å². The number of rotatable bonds is 1. The first-order chi connectivity index (χ1) is 5.86. The second kappa shape index (κ2) is 2.65. The van der Waals surface area contributed by atoms with E-state index in [4.69, 9.17) is 9.52 Å². The highest BCUT2D eigenvalue weighted by Crippen LogP contribution is 2.18. The van der Waals surface area contributed by atoms with Gasteiger partial charge in [0.05, 0.1) is 0 Å². The minimum absolute atomic E-state index is 0.210. The van der Waals surface area contributed by atoms with Crippen molar-refractivity contribution in [1.82, 2.24) is 10.2 Å². The lowest BCUT2D eigenvalue weighted by Crippen LogP contribution is -1.76. The SMILES string of the molecule is Oc1ccc(-c2nn[c]o2)cc1. The van der Waals surface area contributed by atoms with E-state index in [1.165, 1.54) is 0 Å². The van der Waals surface area contributed by atoms with E-state index in [0.717, 1.165) is 5.56 Å². The van der Waals surface area contributed by atoms with Crippen molar-refractivity contribution in [3.05, 3.63) is 30.7 Å². The minimum Gasteiger partial charge on any atom is -0.508 e. The Labute approximate surface area is 68.5 Å². The maximum absolute atomic E-state index is 8.98. The molecule has 0 aliphatic rings. The first kappa shape index (κ1) is 6.84. The average molecular weight is 161 g/mol. The molecule has 2 aromatic rings. The topological polar surface area (TPSA) is 59.2 Å². The second-order valence-corrected chi connectivity index (χ2v) is 2.25. The van der Waals surface area contributed by atoms with Gasteiger partial charge in [0, 0.05) is 5.56 Å². The minimum atomic E-state index is 0.210. The molecule has 1 radical (unpaired) electrons. The first-order valence-corrected chi connectivity index (χ1v) is 3.35. The highest BCUT2D eigenvalue weighted by Gasteiger charge is 2.01. The highest BCUT2D eigenvalue weighted by molar-refractivity contribution is 5.53. The van der Waals surface area contributed by atoms with Crippen LogP contribution in [-0.4, -0.2) is 15.3 Å². The van der Waals surface area contributed by atoms with Crippen LogP contribution in [0.3, 0.4) is 0 Å². The molecule has 2 rings (SSSR count). The number of hydrogen-bond donors (Lipinski definition) is 1. The Hall–Kier alpha value is -1.84. The van der Waals surface area contributed by atoms with Crippen molar-refractivity contribution in [1.29, 1.82) is 0 Å². The summed E-state index contributed by atoms with van der Waals surface area (Å²) >= 11 is 0. The zero-order valence-electron chi connectivity index (χ0n) is 6.06. The second-order valence-electron chi connectivity index (χ2n) is 2.25. The van der Waals surface area contributed by atoms with Crippen molar-refractivity contribution in [2.24, 2.45) is 0 Å². The fraction of sp³-hybridized carbons (Fsp3) is 0. The lowest BCUT2D eigenvalue weighted by atomic mass is 10.2. The highest BCUT2D eigenvalue weighted by atomic mass is 16.4. The van der Waals surface area contributed by atoms with Crippen molar-refractivity contribution in [3.63, 3.8) is 0 Å². The molecule has 1 aromatic heterocycles. The average Bonchev–Trinajstić information content (AvgIpc) is 2.58. The molecule has 4 nitrogen and oxygen atoms in total. The molecular weight excluding hydrogens is 156 g/mol. The molecule has 0 saturated heterocycles. The molecule has 1 aromatic carbocycles. The predicted molar refractivity (Wildman–Crippen MR) is 40.2 cm³/mol. The number of benzene rings is 1. The van der Waals surface area contributed by atoms with Crippen LogP contribution >= 0.6 is 0 Å². The molecule has 0 bridgehead atoms. The van der Waals surface area contributed by atoms with E-state index < -0.39 is 0 Å². The smallest absolute Gasteiger partial charge is 0.306 e. The van der Waals surface area contributed by atoms with Gasteiger partial charge in [0.25, 0.3) is 0 Å². The van der Waals surface area contributed by atoms with Gasteiger partial charge in [-0.1, -0.05) is 0 Å². The summed E-state index contributed by atoms with van der Waals surface area (Å²) in [5, 5.41) is 16.1. The summed E-state index contributed by atoms with van der Waals surface area (Å²) in [6, 6.07) is 6.49. The molecule has 12 heavy (non-hydrogen) atoms. The summed E-state index contributed by atoms with van der Waals surface area (Å²) in [6.07, 6.45) is 2.24. The van der Waals surface area contributed by atoms with Crippen molar-refractivity contribution in [3.8, 4) is 17.2 Å². The van der Waals surface area contributed by atoms with E-state index in [1.54, 1.807) is 24.3 Å². The molecule has 0 unspecified atom stereocenters. The Morgan fingerprint density at radius 2 is 2.00 bits per heavy atom. The Kier molecular flexibility index (Phi) is 1.51. The molecule has 59 valence electrons. The number of aromatic nitrogens is 2. The molecule has 4 heteroatoms. The molecule has 0 spiro atoms.